The lowest BCUT2D eigenvalue weighted by atomic mass is 9.96. The van der Waals surface area contributed by atoms with Crippen molar-refractivity contribution in [3.05, 3.63) is 21.4 Å². The lowest BCUT2D eigenvalue weighted by Gasteiger charge is -2.34. The Kier molecular flexibility index (Phi) is 3.16. The second kappa shape index (κ2) is 4.67. The number of nitrogens with two attached hydrogens (primary N) is 1. The first-order valence-electron chi connectivity index (χ1n) is 6.80. The highest BCUT2D eigenvalue weighted by atomic mass is 32.1. The third-order valence-electron chi connectivity index (χ3n) is 3.94. The summed E-state index contributed by atoms with van der Waals surface area (Å²) >= 11 is 1.69. The predicted octanol–water partition coefficient (Wildman–Crippen LogP) is 2.05. The van der Waals surface area contributed by atoms with Gasteiger partial charge in [-0.05, 0) is 43.2 Å². The number of carbonyl (C=O) groups excluding carboxylic acids is 1. The van der Waals surface area contributed by atoms with Crippen LogP contribution < -0.4 is 5.73 Å². The van der Waals surface area contributed by atoms with Crippen molar-refractivity contribution >= 4 is 17.2 Å². The Bertz CT molecular complexity index is 437. The van der Waals surface area contributed by atoms with Gasteiger partial charge in [-0.25, -0.2) is 0 Å². The molecule has 1 fully saturated rings. The maximum Gasteiger partial charge on any atom is 0.264 e. The molecule has 0 radical (unpaired) electrons. The number of carbonyl (C=O) groups is 1. The molecule has 1 aromatic heterocycles. The average molecular weight is 264 g/mol. The minimum absolute atomic E-state index is 0.143. The lowest BCUT2D eigenvalue weighted by Crippen LogP contribution is -2.48. The molecule has 2 atom stereocenters. The first-order valence-corrected chi connectivity index (χ1v) is 7.61. The number of hydrogen-bond donors (Lipinski definition) is 1. The Labute approximate surface area is 112 Å². The normalized spacial score (nSPS) is 27.3. The Morgan fingerprint density at radius 2 is 2.28 bits per heavy atom. The van der Waals surface area contributed by atoms with E-state index >= 15 is 0 Å². The maximum atomic E-state index is 12.5. The number of amides is 1. The molecule has 0 bridgehead atoms. The van der Waals surface area contributed by atoms with Crippen molar-refractivity contribution in [1.82, 2.24) is 4.90 Å². The molecule has 18 heavy (non-hydrogen) atoms. The van der Waals surface area contributed by atoms with Gasteiger partial charge in [0, 0.05) is 24.0 Å². The molecule has 2 N–H and O–H groups in total. The summed E-state index contributed by atoms with van der Waals surface area (Å²) < 4.78 is 0. The van der Waals surface area contributed by atoms with E-state index < -0.39 is 0 Å². The van der Waals surface area contributed by atoms with E-state index in [4.69, 9.17) is 5.73 Å². The molecule has 3 rings (SSSR count). The van der Waals surface area contributed by atoms with E-state index in [0.717, 1.165) is 30.7 Å². The SMILES string of the molecule is CC1CC(N)CN(C(=O)c2cc3c(s2)CCC3)C1. The Morgan fingerprint density at radius 3 is 3.00 bits per heavy atom. The van der Waals surface area contributed by atoms with E-state index in [1.165, 1.54) is 16.9 Å². The first kappa shape index (κ1) is 12.2. The molecular formula is C14H20N2OS. The number of rotatable bonds is 1. The molecule has 2 unspecified atom stereocenters. The van der Waals surface area contributed by atoms with Gasteiger partial charge in [-0.2, -0.15) is 0 Å². The zero-order valence-electron chi connectivity index (χ0n) is 10.8. The summed E-state index contributed by atoms with van der Waals surface area (Å²) in [6, 6.07) is 2.25. The van der Waals surface area contributed by atoms with Gasteiger partial charge >= 0.3 is 0 Å². The fourth-order valence-corrected chi connectivity index (χ4v) is 4.38. The second-order valence-electron chi connectivity index (χ2n) is 5.72. The lowest BCUT2D eigenvalue weighted by molar-refractivity contribution is 0.0666. The molecule has 0 spiro atoms. The quantitative estimate of drug-likeness (QED) is 0.844. The van der Waals surface area contributed by atoms with E-state index in [1.807, 2.05) is 4.90 Å². The van der Waals surface area contributed by atoms with E-state index in [0.29, 0.717) is 12.5 Å². The minimum atomic E-state index is 0.143. The Hall–Kier alpha value is -0.870. The number of thiophene rings is 1. The van der Waals surface area contributed by atoms with Crippen LogP contribution in [0.4, 0.5) is 0 Å². The van der Waals surface area contributed by atoms with Gasteiger partial charge < -0.3 is 10.6 Å². The van der Waals surface area contributed by atoms with Crippen LogP contribution >= 0.6 is 11.3 Å². The zero-order valence-corrected chi connectivity index (χ0v) is 11.6. The van der Waals surface area contributed by atoms with Gasteiger partial charge in [0.25, 0.3) is 5.91 Å². The van der Waals surface area contributed by atoms with E-state index in [2.05, 4.69) is 13.0 Å². The first-order chi connectivity index (χ1) is 8.63. The highest BCUT2D eigenvalue weighted by Crippen LogP contribution is 2.31. The largest absolute Gasteiger partial charge is 0.336 e. The number of fused-ring (bicyclic) bond motifs is 1. The third kappa shape index (κ3) is 2.19. The van der Waals surface area contributed by atoms with E-state index in [1.54, 1.807) is 11.3 Å². The fraction of sp³-hybridized carbons (Fsp3) is 0.643. The summed E-state index contributed by atoms with van der Waals surface area (Å²) in [4.78, 5) is 16.8. The molecule has 98 valence electrons. The fourth-order valence-electron chi connectivity index (χ4n) is 3.16. The predicted molar refractivity (Wildman–Crippen MR) is 74.0 cm³/mol. The van der Waals surface area contributed by atoms with Crippen LogP contribution in [0.5, 0.6) is 0 Å². The van der Waals surface area contributed by atoms with Gasteiger partial charge in [0.2, 0.25) is 0 Å². The molecular weight excluding hydrogens is 244 g/mol. The summed E-state index contributed by atoms with van der Waals surface area (Å²) in [5, 5.41) is 0. The molecule has 1 amide bonds. The monoisotopic (exact) mass is 264 g/mol. The highest BCUT2D eigenvalue weighted by molar-refractivity contribution is 7.14. The van der Waals surface area contributed by atoms with E-state index in [-0.39, 0.29) is 11.9 Å². The maximum absolute atomic E-state index is 12.5. The van der Waals surface area contributed by atoms with Crippen molar-refractivity contribution in [3.8, 4) is 0 Å². The Balaban J connectivity index is 1.77. The minimum Gasteiger partial charge on any atom is -0.336 e. The molecule has 1 saturated heterocycles. The van der Waals surface area contributed by atoms with Crippen LogP contribution in [0.25, 0.3) is 0 Å². The molecule has 1 aromatic rings. The number of nitrogens with zero attached hydrogens (tertiary/aromatic N) is 1. The number of aryl methyl sites for hydroxylation is 2. The summed E-state index contributed by atoms with van der Waals surface area (Å²) in [6.45, 7) is 3.74. The topological polar surface area (TPSA) is 46.3 Å². The Morgan fingerprint density at radius 1 is 1.44 bits per heavy atom. The van der Waals surface area contributed by atoms with Crippen LogP contribution in [0.2, 0.25) is 0 Å². The molecule has 2 heterocycles. The van der Waals surface area contributed by atoms with Gasteiger partial charge in [-0.15, -0.1) is 11.3 Å². The molecule has 4 heteroatoms. The van der Waals surface area contributed by atoms with Crippen molar-refractivity contribution in [2.45, 2.75) is 38.6 Å². The van der Waals surface area contributed by atoms with Crippen molar-refractivity contribution in [3.63, 3.8) is 0 Å². The highest BCUT2D eigenvalue weighted by Gasteiger charge is 2.28. The molecule has 1 aliphatic heterocycles. The summed E-state index contributed by atoms with van der Waals surface area (Å²) in [5.41, 5.74) is 7.41. The molecule has 0 aromatic carbocycles. The van der Waals surface area contributed by atoms with Crippen molar-refractivity contribution < 1.29 is 4.79 Å². The zero-order chi connectivity index (χ0) is 12.7. The molecule has 1 aliphatic carbocycles. The van der Waals surface area contributed by atoms with Crippen molar-refractivity contribution in [2.24, 2.45) is 11.7 Å². The summed E-state index contributed by atoms with van der Waals surface area (Å²) in [7, 11) is 0. The van der Waals surface area contributed by atoms with Gasteiger partial charge in [0.15, 0.2) is 0 Å². The smallest absolute Gasteiger partial charge is 0.264 e. The van der Waals surface area contributed by atoms with Gasteiger partial charge in [-0.1, -0.05) is 6.92 Å². The van der Waals surface area contributed by atoms with Crippen LogP contribution in [-0.2, 0) is 12.8 Å². The van der Waals surface area contributed by atoms with Gasteiger partial charge in [0.1, 0.15) is 0 Å². The van der Waals surface area contributed by atoms with Crippen LogP contribution in [0.1, 0.15) is 39.9 Å². The molecule has 3 nitrogen and oxygen atoms in total. The van der Waals surface area contributed by atoms with Gasteiger partial charge in [-0.3, -0.25) is 4.79 Å². The summed E-state index contributed by atoms with van der Waals surface area (Å²) in [6.07, 6.45) is 4.59. The molecule has 0 saturated carbocycles. The van der Waals surface area contributed by atoms with Crippen molar-refractivity contribution in [1.29, 1.82) is 0 Å². The van der Waals surface area contributed by atoms with Gasteiger partial charge in [0.05, 0.1) is 4.88 Å². The standard InChI is InChI=1S/C14H20N2OS/c1-9-5-11(15)8-16(7-9)14(17)13-6-10-3-2-4-12(10)18-13/h6,9,11H,2-5,7-8,15H2,1H3. The molecule has 2 aliphatic rings. The summed E-state index contributed by atoms with van der Waals surface area (Å²) in [5.74, 6) is 0.709. The average Bonchev–Trinajstić information content (AvgIpc) is 2.86. The number of piperidine rings is 1. The van der Waals surface area contributed by atoms with E-state index in [9.17, 15) is 4.79 Å². The van der Waals surface area contributed by atoms with Crippen molar-refractivity contribution in [2.75, 3.05) is 13.1 Å². The van der Waals surface area contributed by atoms with Crippen LogP contribution in [-0.4, -0.2) is 29.9 Å². The van der Waals surface area contributed by atoms with Crippen LogP contribution in [0.3, 0.4) is 0 Å². The van der Waals surface area contributed by atoms with Crippen LogP contribution in [0, 0.1) is 5.92 Å². The second-order valence-corrected chi connectivity index (χ2v) is 6.86. The van der Waals surface area contributed by atoms with Crippen LogP contribution in [0.15, 0.2) is 6.07 Å². The third-order valence-corrected chi connectivity index (χ3v) is 5.16. The number of likely N-dealkylation sites (tertiary alicyclic amines) is 1. The number of hydrogen-bond acceptors (Lipinski definition) is 3.